The molecule has 0 aromatic heterocycles. The molecule has 0 aliphatic carbocycles. The number of hydrogen-bond donors (Lipinski definition) is 1. The van der Waals surface area contributed by atoms with Crippen molar-refractivity contribution in [1.82, 2.24) is 4.90 Å². The molecule has 2 heterocycles. The van der Waals surface area contributed by atoms with E-state index in [0.717, 1.165) is 25.0 Å². The van der Waals surface area contributed by atoms with Crippen molar-refractivity contribution < 1.29 is 23.8 Å². The lowest BCUT2D eigenvalue weighted by Gasteiger charge is -2.18. The number of amides is 2. The Balaban J connectivity index is 1.39. The van der Waals surface area contributed by atoms with Crippen molar-refractivity contribution in [2.75, 3.05) is 32.2 Å². The first-order valence-corrected chi connectivity index (χ1v) is 12.7. The van der Waals surface area contributed by atoms with E-state index in [0.29, 0.717) is 43.0 Å². The molecule has 0 saturated carbocycles. The third-order valence-corrected chi connectivity index (χ3v) is 7.26. The number of hydrogen-bond acceptors (Lipinski definition) is 7. The van der Waals surface area contributed by atoms with Crippen molar-refractivity contribution in [3.63, 3.8) is 0 Å². The normalized spacial score (nSPS) is 18.9. The molecule has 2 aromatic rings. The van der Waals surface area contributed by atoms with Gasteiger partial charge in [0.15, 0.2) is 18.1 Å². The lowest BCUT2D eigenvalue weighted by molar-refractivity contribution is -0.123. The van der Waals surface area contributed by atoms with Crippen LogP contribution in [0.15, 0.2) is 41.3 Å². The van der Waals surface area contributed by atoms with Gasteiger partial charge in [0.05, 0.1) is 35.4 Å². The molecule has 2 amide bonds. The van der Waals surface area contributed by atoms with Crippen LogP contribution in [0, 0.1) is 0 Å². The second-order valence-corrected chi connectivity index (χ2v) is 10.3. The molecule has 1 atom stereocenters. The zero-order valence-electron chi connectivity index (χ0n) is 18.7. The second-order valence-electron chi connectivity index (χ2n) is 7.80. The van der Waals surface area contributed by atoms with E-state index in [1.54, 1.807) is 41.3 Å². The lowest BCUT2D eigenvalue weighted by Crippen LogP contribution is -2.35. The van der Waals surface area contributed by atoms with E-state index in [2.05, 4.69) is 5.32 Å². The first-order chi connectivity index (χ1) is 16.8. The summed E-state index contributed by atoms with van der Waals surface area (Å²) in [4.78, 5) is 27.3. The van der Waals surface area contributed by atoms with Crippen LogP contribution in [-0.4, -0.2) is 54.0 Å². The highest BCUT2D eigenvalue weighted by Crippen LogP contribution is 2.35. The van der Waals surface area contributed by atoms with Crippen LogP contribution in [0.5, 0.6) is 11.5 Å². The summed E-state index contributed by atoms with van der Waals surface area (Å²) in [5.41, 5.74) is 1.17. The highest BCUT2D eigenvalue weighted by atomic mass is 35.5. The van der Waals surface area contributed by atoms with Crippen molar-refractivity contribution >= 4 is 75.1 Å². The Hall–Kier alpha value is -2.30. The topological polar surface area (TPSA) is 77.1 Å². The molecule has 0 radical (unpaired) electrons. The molecule has 2 fully saturated rings. The van der Waals surface area contributed by atoms with Crippen molar-refractivity contribution in [3.05, 3.63) is 56.9 Å². The maximum Gasteiger partial charge on any atom is 0.266 e. The first kappa shape index (κ1) is 25.8. The number of thiocarbonyl (C=S) groups is 1. The van der Waals surface area contributed by atoms with E-state index >= 15 is 0 Å². The van der Waals surface area contributed by atoms with Crippen LogP contribution in [0.25, 0.3) is 6.08 Å². The zero-order valence-corrected chi connectivity index (χ0v) is 21.9. The average Bonchev–Trinajstić information content (AvgIpc) is 3.44. The molecule has 11 heteroatoms. The Labute approximate surface area is 222 Å². The van der Waals surface area contributed by atoms with Gasteiger partial charge in [-0.3, -0.25) is 14.5 Å². The molecule has 0 bridgehead atoms. The van der Waals surface area contributed by atoms with Crippen molar-refractivity contribution in [1.29, 1.82) is 0 Å². The number of halogens is 2. The van der Waals surface area contributed by atoms with Crippen LogP contribution in [-0.2, 0) is 14.3 Å². The molecule has 35 heavy (non-hydrogen) atoms. The number of anilines is 1. The standard InChI is InChI=1S/C24H22Cl2N2O5S2/c1-31-20-9-14(10-21-23(30)28(24(34)35-21)12-16-3-2-8-32-16)4-7-19(20)33-13-22(29)27-18-6-5-15(25)11-17(18)26/h4-7,9-11,16H,2-3,8,12-13H2,1H3,(H,27,29)/b21-10-/t16-/m1/s1. The highest BCUT2D eigenvalue weighted by Gasteiger charge is 2.34. The van der Waals surface area contributed by atoms with Gasteiger partial charge >= 0.3 is 0 Å². The molecule has 0 spiro atoms. The molecular formula is C24H22Cl2N2O5S2. The van der Waals surface area contributed by atoms with E-state index < -0.39 is 5.91 Å². The molecule has 0 unspecified atom stereocenters. The second kappa shape index (κ2) is 11.6. The number of nitrogens with one attached hydrogen (secondary N) is 1. The summed E-state index contributed by atoms with van der Waals surface area (Å²) in [5, 5.41) is 3.47. The number of nitrogens with zero attached hydrogens (tertiary/aromatic N) is 1. The molecule has 4 rings (SSSR count). The van der Waals surface area contributed by atoms with E-state index in [1.165, 1.54) is 24.9 Å². The van der Waals surface area contributed by atoms with E-state index in [1.807, 2.05) is 0 Å². The Morgan fingerprint density at radius 1 is 1.29 bits per heavy atom. The minimum Gasteiger partial charge on any atom is -0.493 e. The number of carbonyl (C=O) groups is 2. The van der Waals surface area contributed by atoms with Crippen LogP contribution in [0.3, 0.4) is 0 Å². The number of thioether (sulfide) groups is 1. The van der Waals surface area contributed by atoms with Crippen LogP contribution in [0.4, 0.5) is 5.69 Å². The number of rotatable bonds is 8. The summed E-state index contributed by atoms with van der Waals surface area (Å²) in [7, 11) is 1.50. The van der Waals surface area contributed by atoms with Crippen molar-refractivity contribution in [3.8, 4) is 11.5 Å². The summed E-state index contributed by atoms with van der Waals surface area (Å²) >= 11 is 18.6. The van der Waals surface area contributed by atoms with Gasteiger partial charge in [0.1, 0.15) is 4.32 Å². The van der Waals surface area contributed by atoms with Crippen molar-refractivity contribution in [2.24, 2.45) is 0 Å². The molecule has 184 valence electrons. The molecule has 2 saturated heterocycles. The van der Waals surface area contributed by atoms with E-state index in [9.17, 15) is 9.59 Å². The fraction of sp³-hybridized carbons (Fsp3) is 0.292. The van der Waals surface area contributed by atoms with Crippen LogP contribution in [0.2, 0.25) is 10.0 Å². The number of ether oxygens (including phenoxy) is 3. The summed E-state index contributed by atoms with van der Waals surface area (Å²) in [6.45, 7) is 0.942. The Morgan fingerprint density at radius 3 is 2.83 bits per heavy atom. The van der Waals surface area contributed by atoms with Crippen LogP contribution >= 0.6 is 47.2 Å². The molecule has 7 nitrogen and oxygen atoms in total. The van der Waals surface area contributed by atoms with Gasteiger partial charge in [0, 0.05) is 11.6 Å². The maximum absolute atomic E-state index is 12.9. The van der Waals surface area contributed by atoms with Gasteiger partial charge in [0.2, 0.25) is 0 Å². The Kier molecular flexibility index (Phi) is 8.56. The van der Waals surface area contributed by atoms with Gasteiger partial charge < -0.3 is 19.5 Å². The molecule has 1 N–H and O–H groups in total. The third-order valence-electron chi connectivity index (χ3n) is 5.33. The van der Waals surface area contributed by atoms with Crippen LogP contribution in [0.1, 0.15) is 18.4 Å². The van der Waals surface area contributed by atoms with Gasteiger partial charge in [-0.15, -0.1) is 0 Å². The summed E-state index contributed by atoms with van der Waals surface area (Å²) in [6, 6.07) is 9.97. The van der Waals surface area contributed by atoms with E-state index in [4.69, 9.17) is 49.6 Å². The Bertz CT molecular complexity index is 1180. The van der Waals surface area contributed by atoms with Gasteiger partial charge in [0.25, 0.3) is 11.8 Å². The van der Waals surface area contributed by atoms with Gasteiger partial charge in [-0.05, 0) is 54.8 Å². The smallest absolute Gasteiger partial charge is 0.266 e. The quantitative estimate of drug-likeness (QED) is 0.347. The molecule has 2 aliphatic heterocycles. The van der Waals surface area contributed by atoms with Crippen LogP contribution < -0.4 is 14.8 Å². The Morgan fingerprint density at radius 2 is 2.11 bits per heavy atom. The lowest BCUT2D eigenvalue weighted by atomic mass is 10.1. The summed E-state index contributed by atoms with van der Waals surface area (Å²) in [6.07, 6.45) is 3.72. The van der Waals surface area contributed by atoms with E-state index in [-0.39, 0.29) is 18.6 Å². The van der Waals surface area contributed by atoms with Gasteiger partial charge in [-0.2, -0.15) is 0 Å². The minimum atomic E-state index is -0.393. The first-order valence-electron chi connectivity index (χ1n) is 10.8. The maximum atomic E-state index is 12.9. The predicted molar refractivity (Wildman–Crippen MR) is 142 cm³/mol. The minimum absolute atomic E-state index is 0.0290. The van der Waals surface area contributed by atoms with Crippen molar-refractivity contribution in [2.45, 2.75) is 18.9 Å². The highest BCUT2D eigenvalue weighted by molar-refractivity contribution is 8.26. The third kappa shape index (κ3) is 6.48. The number of methoxy groups -OCH3 is 1. The monoisotopic (exact) mass is 552 g/mol. The molecular weight excluding hydrogens is 531 g/mol. The van der Waals surface area contributed by atoms with Gasteiger partial charge in [-0.1, -0.05) is 53.2 Å². The predicted octanol–water partition coefficient (Wildman–Crippen LogP) is 5.40. The number of benzene rings is 2. The summed E-state index contributed by atoms with van der Waals surface area (Å²) in [5.74, 6) is 0.279. The largest absolute Gasteiger partial charge is 0.493 e. The number of carbonyl (C=O) groups excluding carboxylic acids is 2. The SMILES string of the molecule is COc1cc(/C=C2\SC(=S)N(C[C@H]3CCCO3)C2=O)ccc1OCC(=O)Nc1ccc(Cl)cc1Cl. The fourth-order valence-electron chi connectivity index (χ4n) is 3.61. The van der Waals surface area contributed by atoms with Gasteiger partial charge in [-0.25, -0.2) is 0 Å². The molecule has 2 aliphatic rings. The summed E-state index contributed by atoms with van der Waals surface area (Å²) < 4.78 is 17.2. The average molecular weight is 553 g/mol. The fourth-order valence-corrected chi connectivity index (χ4v) is 5.35. The molecule has 2 aromatic carbocycles. The zero-order chi connectivity index (χ0) is 24.9.